The maximum Gasteiger partial charge on any atom is 0.574 e. The number of ether oxygens (including phenoxy) is 1. The van der Waals surface area contributed by atoms with Gasteiger partial charge >= 0.3 is 6.36 Å². The summed E-state index contributed by atoms with van der Waals surface area (Å²) in [4.78, 5) is 3.40. The van der Waals surface area contributed by atoms with Crippen LogP contribution in [-0.2, 0) is 5.88 Å². The Morgan fingerprint density at radius 2 is 2.00 bits per heavy atom. The van der Waals surface area contributed by atoms with Crippen molar-refractivity contribution in [3.8, 4) is 5.88 Å². The van der Waals surface area contributed by atoms with Crippen LogP contribution < -0.4 is 4.74 Å². The van der Waals surface area contributed by atoms with Crippen molar-refractivity contribution in [1.29, 1.82) is 0 Å². The first-order valence-electron chi connectivity index (χ1n) is 4.03. The quantitative estimate of drug-likeness (QED) is 0.335. The second kappa shape index (κ2) is 5.51. The summed E-state index contributed by atoms with van der Waals surface area (Å²) in [5.74, 6) is -1.48. The summed E-state index contributed by atoms with van der Waals surface area (Å²) in [7, 11) is 0. The molecule has 9 heteroatoms. The highest BCUT2D eigenvalue weighted by molar-refractivity contribution is 14.1. The maximum absolute atomic E-state index is 12.6. The van der Waals surface area contributed by atoms with E-state index in [9.17, 15) is 22.0 Å². The maximum atomic E-state index is 12.6. The second-order valence-corrected chi connectivity index (χ2v) is 4.17. The van der Waals surface area contributed by atoms with E-state index in [1.807, 2.05) is 0 Å². The molecule has 0 aliphatic carbocycles. The molecular formula is C8H4ClF5INO. The van der Waals surface area contributed by atoms with E-state index < -0.39 is 35.7 Å². The average molecular weight is 387 g/mol. The number of rotatable bonds is 3. The van der Waals surface area contributed by atoms with Crippen molar-refractivity contribution in [2.75, 3.05) is 0 Å². The summed E-state index contributed by atoms with van der Waals surface area (Å²) in [5.41, 5.74) is -1.07. The number of nitrogens with zero attached hydrogens (tertiary/aromatic N) is 1. The number of pyridine rings is 1. The largest absolute Gasteiger partial charge is 0.574 e. The molecule has 1 rings (SSSR count). The van der Waals surface area contributed by atoms with Crippen LogP contribution in [0.1, 0.15) is 17.6 Å². The van der Waals surface area contributed by atoms with Gasteiger partial charge in [-0.3, -0.25) is 0 Å². The van der Waals surface area contributed by atoms with E-state index in [2.05, 4.69) is 9.72 Å². The molecule has 0 aromatic carbocycles. The zero-order valence-electron chi connectivity index (χ0n) is 7.86. The van der Waals surface area contributed by atoms with Gasteiger partial charge in [-0.25, -0.2) is 13.8 Å². The molecule has 0 aliphatic heterocycles. The molecule has 0 saturated heterocycles. The third-order valence-electron chi connectivity index (χ3n) is 1.67. The molecule has 0 N–H and O–H groups in total. The number of aromatic nitrogens is 1. The summed E-state index contributed by atoms with van der Waals surface area (Å²) < 4.78 is 64.8. The topological polar surface area (TPSA) is 22.1 Å². The normalized spacial score (nSPS) is 12.0. The van der Waals surface area contributed by atoms with E-state index in [0.29, 0.717) is 0 Å². The Kier molecular flexibility index (Phi) is 4.76. The predicted octanol–water partition coefficient (Wildman–Crippen LogP) is 4.26. The van der Waals surface area contributed by atoms with Gasteiger partial charge in [0, 0.05) is 11.1 Å². The van der Waals surface area contributed by atoms with Gasteiger partial charge in [0.1, 0.15) is 3.70 Å². The second-order valence-electron chi connectivity index (χ2n) is 2.80. The van der Waals surface area contributed by atoms with Crippen LogP contribution in [-0.4, -0.2) is 11.3 Å². The highest BCUT2D eigenvalue weighted by Gasteiger charge is 2.34. The van der Waals surface area contributed by atoms with Crippen LogP contribution in [0.5, 0.6) is 5.88 Å². The monoisotopic (exact) mass is 387 g/mol. The lowest BCUT2D eigenvalue weighted by Crippen LogP contribution is -2.19. The lowest BCUT2D eigenvalue weighted by atomic mass is 10.1. The number of alkyl halides is 6. The summed E-state index contributed by atoms with van der Waals surface area (Å²) >= 11 is 6.85. The molecule has 2 nitrogen and oxygen atoms in total. The zero-order chi connectivity index (χ0) is 13.2. The van der Waals surface area contributed by atoms with Gasteiger partial charge in [0.05, 0.1) is 5.88 Å². The highest BCUT2D eigenvalue weighted by Crippen LogP contribution is 2.33. The van der Waals surface area contributed by atoms with Gasteiger partial charge in [0.2, 0.25) is 5.88 Å². The summed E-state index contributed by atoms with van der Waals surface area (Å²) in [6.45, 7) is 0. The van der Waals surface area contributed by atoms with Crippen molar-refractivity contribution < 1.29 is 26.7 Å². The van der Waals surface area contributed by atoms with Gasteiger partial charge < -0.3 is 4.74 Å². The molecule has 0 spiro atoms. The Balaban J connectivity index is 3.28. The van der Waals surface area contributed by atoms with Gasteiger partial charge in [-0.15, -0.1) is 24.8 Å². The van der Waals surface area contributed by atoms with Crippen molar-refractivity contribution in [2.45, 2.75) is 18.7 Å². The number of hydrogen-bond donors (Lipinski definition) is 0. The van der Waals surface area contributed by atoms with Crippen molar-refractivity contribution in [2.24, 2.45) is 0 Å². The lowest BCUT2D eigenvalue weighted by Gasteiger charge is -2.14. The molecule has 1 aromatic heterocycles. The van der Waals surface area contributed by atoms with Crippen LogP contribution in [0.25, 0.3) is 0 Å². The van der Waals surface area contributed by atoms with E-state index in [0.717, 1.165) is 6.07 Å². The Hall–Kier alpha value is -0.380. The van der Waals surface area contributed by atoms with Gasteiger partial charge in [-0.05, 0) is 28.7 Å². The molecule has 0 aliphatic rings. The fourth-order valence-electron chi connectivity index (χ4n) is 1.06. The SMILES string of the molecule is FC(F)c1cc(I)nc(OC(F)(F)F)c1CCl. The Morgan fingerprint density at radius 3 is 2.41 bits per heavy atom. The van der Waals surface area contributed by atoms with Gasteiger partial charge in [0.25, 0.3) is 6.43 Å². The molecular weight excluding hydrogens is 383 g/mol. The zero-order valence-corrected chi connectivity index (χ0v) is 10.8. The third-order valence-corrected chi connectivity index (χ3v) is 2.49. The first-order chi connectivity index (χ1) is 7.74. The van der Waals surface area contributed by atoms with Crippen LogP contribution in [0.3, 0.4) is 0 Å². The Morgan fingerprint density at radius 1 is 1.41 bits per heavy atom. The minimum atomic E-state index is -5.00. The molecule has 0 unspecified atom stereocenters. The fourth-order valence-corrected chi connectivity index (χ4v) is 1.88. The minimum Gasteiger partial charge on any atom is -0.387 e. The third kappa shape index (κ3) is 4.09. The van der Waals surface area contributed by atoms with Crippen LogP contribution >= 0.6 is 34.2 Å². The number of halogens is 7. The van der Waals surface area contributed by atoms with E-state index in [1.54, 1.807) is 0 Å². The fraction of sp³-hybridized carbons (Fsp3) is 0.375. The average Bonchev–Trinajstić information content (AvgIpc) is 2.14. The molecule has 0 amide bonds. The van der Waals surface area contributed by atoms with Gasteiger partial charge in [-0.2, -0.15) is 0 Å². The van der Waals surface area contributed by atoms with Crippen molar-refractivity contribution in [3.05, 3.63) is 20.9 Å². The standard InChI is InChI=1S/C8H4ClF5INO/c9-2-4-3(6(10)11)1-5(15)16-7(4)17-8(12,13)14/h1,6H,2H2. The summed E-state index contributed by atoms with van der Waals surface area (Å²) in [6.07, 6.45) is -7.95. The molecule has 0 saturated carbocycles. The molecule has 0 atom stereocenters. The van der Waals surface area contributed by atoms with Crippen molar-refractivity contribution in [3.63, 3.8) is 0 Å². The molecule has 0 radical (unpaired) electrons. The molecule has 0 bridgehead atoms. The van der Waals surface area contributed by atoms with Crippen LogP contribution in [0.15, 0.2) is 6.07 Å². The van der Waals surface area contributed by atoms with E-state index in [4.69, 9.17) is 11.6 Å². The Labute approximate surface area is 111 Å². The molecule has 17 heavy (non-hydrogen) atoms. The highest BCUT2D eigenvalue weighted by atomic mass is 127. The Bertz CT molecular complexity index is 412. The summed E-state index contributed by atoms with van der Waals surface area (Å²) in [6, 6.07) is 0.964. The van der Waals surface area contributed by atoms with Crippen molar-refractivity contribution >= 4 is 34.2 Å². The van der Waals surface area contributed by atoms with E-state index in [-0.39, 0.29) is 3.70 Å². The number of hydrogen-bond acceptors (Lipinski definition) is 2. The van der Waals surface area contributed by atoms with E-state index in [1.165, 1.54) is 22.6 Å². The van der Waals surface area contributed by atoms with E-state index >= 15 is 0 Å². The molecule has 0 fully saturated rings. The predicted molar refractivity (Wildman–Crippen MR) is 58.2 cm³/mol. The first kappa shape index (κ1) is 14.7. The summed E-state index contributed by atoms with van der Waals surface area (Å²) in [5, 5.41) is 0. The lowest BCUT2D eigenvalue weighted by molar-refractivity contribution is -0.276. The molecule has 1 aromatic rings. The smallest absolute Gasteiger partial charge is 0.387 e. The van der Waals surface area contributed by atoms with Crippen molar-refractivity contribution in [1.82, 2.24) is 4.98 Å². The van der Waals surface area contributed by atoms with Gasteiger partial charge in [0.15, 0.2) is 0 Å². The van der Waals surface area contributed by atoms with Crippen LogP contribution in [0.2, 0.25) is 0 Å². The minimum absolute atomic E-state index is 0.0361. The van der Waals surface area contributed by atoms with Crippen LogP contribution in [0, 0.1) is 3.70 Å². The first-order valence-corrected chi connectivity index (χ1v) is 5.65. The van der Waals surface area contributed by atoms with Gasteiger partial charge in [-0.1, -0.05) is 0 Å². The van der Waals surface area contributed by atoms with Crippen LogP contribution in [0.4, 0.5) is 22.0 Å². The molecule has 96 valence electrons. The molecule has 1 heterocycles.